The largest absolute Gasteiger partial charge is 0.417 e. The molecule has 23 heavy (non-hydrogen) atoms. The van der Waals surface area contributed by atoms with Crippen LogP contribution in [-0.2, 0) is 4.74 Å². The van der Waals surface area contributed by atoms with Crippen LogP contribution in [0, 0.1) is 5.41 Å². The molecule has 1 heterocycles. The highest BCUT2D eigenvalue weighted by atomic mass is 19.4. The molecule has 5 nitrogen and oxygen atoms in total. The normalized spacial score (nSPS) is 33.0. The molecule has 0 spiro atoms. The summed E-state index contributed by atoms with van der Waals surface area (Å²) >= 11 is 0. The lowest BCUT2D eigenvalue weighted by molar-refractivity contribution is -0.271. The third-order valence-corrected chi connectivity index (χ3v) is 5.98. The van der Waals surface area contributed by atoms with E-state index >= 15 is 0 Å². The molecule has 8 heteroatoms. The Bertz CT molecular complexity index is 473. The lowest BCUT2D eigenvalue weighted by atomic mass is 9.56. The topological polar surface area (TPSA) is 61.8 Å². The number of amides is 2. The van der Waals surface area contributed by atoms with E-state index < -0.39 is 24.6 Å². The second-order valence-electron chi connectivity index (χ2n) is 7.38. The van der Waals surface area contributed by atoms with Crippen molar-refractivity contribution < 1.29 is 27.8 Å². The van der Waals surface area contributed by atoms with Crippen molar-refractivity contribution in [2.24, 2.45) is 5.41 Å². The Morgan fingerprint density at radius 1 is 1.26 bits per heavy atom. The molecule has 1 saturated heterocycles. The zero-order chi connectivity index (χ0) is 17.7. The van der Waals surface area contributed by atoms with Crippen molar-refractivity contribution in [3.8, 4) is 0 Å². The van der Waals surface area contributed by atoms with E-state index in [4.69, 9.17) is 4.74 Å². The average molecular weight is 338 g/mol. The van der Waals surface area contributed by atoms with Crippen LogP contribution in [0.15, 0.2) is 0 Å². The molecule has 2 aliphatic rings. The van der Waals surface area contributed by atoms with E-state index in [1.807, 2.05) is 20.8 Å². The summed E-state index contributed by atoms with van der Waals surface area (Å²) in [5, 5.41) is 12.5. The van der Waals surface area contributed by atoms with Gasteiger partial charge < -0.3 is 20.1 Å². The molecule has 0 aromatic heterocycles. The molecule has 2 fully saturated rings. The van der Waals surface area contributed by atoms with Gasteiger partial charge in [-0.1, -0.05) is 13.8 Å². The average Bonchev–Trinajstić information content (AvgIpc) is 2.46. The first-order valence-corrected chi connectivity index (χ1v) is 7.76. The van der Waals surface area contributed by atoms with Gasteiger partial charge in [0.2, 0.25) is 0 Å². The predicted molar refractivity (Wildman–Crippen MR) is 77.9 cm³/mol. The minimum atomic E-state index is -4.66. The van der Waals surface area contributed by atoms with Gasteiger partial charge in [0.25, 0.3) is 0 Å². The van der Waals surface area contributed by atoms with E-state index in [1.54, 1.807) is 7.11 Å². The molecule has 0 unspecified atom stereocenters. The molecule has 1 saturated carbocycles. The van der Waals surface area contributed by atoms with Gasteiger partial charge in [-0.2, -0.15) is 13.2 Å². The highest BCUT2D eigenvalue weighted by Gasteiger charge is 2.59. The lowest BCUT2D eigenvalue weighted by Gasteiger charge is -2.59. The summed E-state index contributed by atoms with van der Waals surface area (Å²) < 4.78 is 43.8. The number of urea groups is 1. The van der Waals surface area contributed by atoms with Gasteiger partial charge in [0.1, 0.15) is 0 Å². The van der Waals surface area contributed by atoms with Crippen LogP contribution in [0.25, 0.3) is 0 Å². The van der Waals surface area contributed by atoms with Crippen LogP contribution in [0.2, 0.25) is 0 Å². The molecule has 2 N–H and O–H groups in total. The molecule has 2 atom stereocenters. The number of rotatable bonds is 2. The predicted octanol–water partition coefficient (Wildman–Crippen LogP) is 2.29. The molecule has 2 rings (SSSR count). The first-order valence-electron chi connectivity index (χ1n) is 7.76. The van der Waals surface area contributed by atoms with Gasteiger partial charge in [-0.15, -0.1) is 0 Å². The zero-order valence-electron chi connectivity index (χ0n) is 14.0. The number of ether oxygens (including phenoxy) is 1. The number of likely N-dealkylation sites (tertiary alicyclic amines) is 1. The Morgan fingerprint density at radius 3 is 2.17 bits per heavy atom. The Morgan fingerprint density at radius 2 is 1.78 bits per heavy atom. The Hall–Kier alpha value is -1.02. The number of halogens is 3. The van der Waals surface area contributed by atoms with E-state index in [2.05, 4.69) is 5.32 Å². The molecule has 0 bridgehead atoms. The number of carbonyl (C=O) groups excluding carboxylic acids is 1. The molecule has 0 aromatic rings. The number of alkyl halides is 3. The van der Waals surface area contributed by atoms with E-state index in [1.165, 1.54) is 4.90 Å². The third-order valence-electron chi connectivity index (χ3n) is 5.98. The van der Waals surface area contributed by atoms with Crippen LogP contribution >= 0.6 is 0 Å². The minimum absolute atomic E-state index is 0.0941. The molecule has 134 valence electrons. The maximum Gasteiger partial charge on any atom is 0.417 e. The van der Waals surface area contributed by atoms with Crippen molar-refractivity contribution in [1.82, 2.24) is 10.2 Å². The highest BCUT2D eigenvalue weighted by Crippen LogP contribution is 2.51. The van der Waals surface area contributed by atoms with Crippen molar-refractivity contribution in [1.29, 1.82) is 0 Å². The Kier molecular flexibility index (Phi) is 4.39. The van der Waals surface area contributed by atoms with Crippen molar-refractivity contribution in [2.75, 3.05) is 20.2 Å². The fourth-order valence-corrected chi connectivity index (χ4v) is 3.33. The molecule has 1 aliphatic heterocycles. The van der Waals surface area contributed by atoms with Gasteiger partial charge in [-0.3, -0.25) is 0 Å². The summed E-state index contributed by atoms with van der Waals surface area (Å²) in [6, 6.07) is -0.478. The SMILES string of the molecule is CO[C@@]1(C)C[C@@H](NC(=O)N2CCC(O)(C(F)(F)F)CC2)C1(C)C. The zero-order valence-corrected chi connectivity index (χ0v) is 14.0. The highest BCUT2D eigenvalue weighted by molar-refractivity contribution is 5.75. The second kappa shape index (κ2) is 5.51. The van der Waals surface area contributed by atoms with Gasteiger partial charge in [-0.25, -0.2) is 4.79 Å². The summed E-state index contributed by atoms with van der Waals surface area (Å²) in [5.74, 6) is 0. The number of methoxy groups -OCH3 is 1. The number of aliphatic hydroxyl groups is 1. The summed E-state index contributed by atoms with van der Waals surface area (Å²) in [6.45, 7) is 5.72. The van der Waals surface area contributed by atoms with Crippen LogP contribution in [0.3, 0.4) is 0 Å². The van der Waals surface area contributed by atoms with Crippen LogP contribution in [0.1, 0.15) is 40.0 Å². The molecule has 2 amide bonds. The van der Waals surface area contributed by atoms with Crippen molar-refractivity contribution in [3.63, 3.8) is 0 Å². The van der Waals surface area contributed by atoms with Gasteiger partial charge in [0.05, 0.1) is 5.60 Å². The summed E-state index contributed by atoms with van der Waals surface area (Å²) in [7, 11) is 1.63. The van der Waals surface area contributed by atoms with E-state index in [0.29, 0.717) is 6.42 Å². The second-order valence-corrected chi connectivity index (χ2v) is 7.38. The molecule has 0 aromatic carbocycles. The smallest absolute Gasteiger partial charge is 0.380 e. The standard InChI is InChI=1S/C15H25F3N2O3/c1-12(2)10(9-13(12,3)23-4)19-11(21)20-7-5-14(22,6-8-20)15(16,17)18/h10,22H,5-9H2,1-4H3,(H,19,21)/t10-,13+/m1/s1. The maximum absolute atomic E-state index is 12.8. The van der Waals surface area contributed by atoms with Gasteiger partial charge in [0, 0.05) is 44.5 Å². The molecular formula is C15H25F3N2O3. The summed E-state index contributed by atoms with van der Waals surface area (Å²) in [6.07, 6.45) is -4.99. The van der Waals surface area contributed by atoms with E-state index in [0.717, 1.165) is 0 Å². The number of hydrogen-bond donors (Lipinski definition) is 2. The Balaban J connectivity index is 1.90. The van der Waals surface area contributed by atoms with Crippen LogP contribution in [0.5, 0.6) is 0 Å². The first-order chi connectivity index (χ1) is 10.4. The summed E-state index contributed by atoms with van der Waals surface area (Å²) in [4.78, 5) is 13.6. The quantitative estimate of drug-likeness (QED) is 0.812. The molecule has 0 radical (unpaired) electrons. The first kappa shape index (κ1) is 18.3. The molecule has 1 aliphatic carbocycles. The van der Waals surface area contributed by atoms with Gasteiger partial charge >= 0.3 is 12.2 Å². The van der Waals surface area contributed by atoms with Gasteiger partial charge in [-0.05, 0) is 13.3 Å². The number of piperidine rings is 1. The minimum Gasteiger partial charge on any atom is -0.380 e. The fraction of sp³-hybridized carbons (Fsp3) is 0.933. The van der Waals surface area contributed by atoms with Crippen molar-refractivity contribution in [3.05, 3.63) is 0 Å². The number of hydrogen-bond acceptors (Lipinski definition) is 3. The maximum atomic E-state index is 12.8. The lowest BCUT2D eigenvalue weighted by Crippen LogP contribution is -2.69. The van der Waals surface area contributed by atoms with E-state index in [-0.39, 0.29) is 36.2 Å². The third kappa shape index (κ3) is 2.91. The van der Waals surface area contributed by atoms with Gasteiger partial charge in [0.15, 0.2) is 5.60 Å². The monoisotopic (exact) mass is 338 g/mol. The number of carbonyl (C=O) groups is 1. The summed E-state index contributed by atoms with van der Waals surface area (Å²) in [5.41, 5.74) is -3.28. The van der Waals surface area contributed by atoms with E-state index in [9.17, 15) is 23.1 Å². The number of nitrogens with one attached hydrogen (secondary N) is 1. The van der Waals surface area contributed by atoms with Crippen LogP contribution in [0.4, 0.5) is 18.0 Å². The fourth-order valence-electron chi connectivity index (χ4n) is 3.33. The van der Waals surface area contributed by atoms with Crippen molar-refractivity contribution in [2.45, 2.75) is 63.5 Å². The van der Waals surface area contributed by atoms with Crippen LogP contribution in [-0.4, -0.2) is 59.7 Å². The van der Waals surface area contributed by atoms with Crippen molar-refractivity contribution >= 4 is 6.03 Å². The number of nitrogens with zero attached hydrogens (tertiary/aromatic N) is 1. The molecular weight excluding hydrogens is 313 g/mol. The Labute approximate surface area is 134 Å². The van der Waals surface area contributed by atoms with Crippen LogP contribution < -0.4 is 5.32 Å².